The predicted octanol–water partition coefficient (Wildman–Crippen LogP) is 4.69. The molecule has 0 amide bonds. The van der Waals surface area contributed by atoms with Crippen LogP contribution in [0.15, 0.2) is 41.2 Å². The minimum atomic E-state index is 0.245. The van der Waals surface area contributed by atoms with Gasteiger partial charge in [-0.1, -0.05) is 18.0 Å². The van der Waals surface area contributed by atoms with Gasteiger partial charge in [-0.2, -0.15) is 5.10 Å². The maximum Gasteiger partial charge on any atom is 0.167 e. The number of aryl methyl sites for hydroxylation is 1. The number of likely N-dealkylation sites (tertiary alicyclic amines) is 1. The highest BCUT2D eigenvalue weighted by molar-refractivity contribution is 5.62. The molecule has 1 atom stereocenters. The van der Waals surface area contributed by atoms with Gasteiger partial charge in [0.15, 0.2) is 17.3 Å². The minimum Gasteiger partial charge on any atom is -0.493 e. The fraction of sp³-hybridized carbons (Fsp3) is 0.478. The summed E-state index contributed by atoms with van der Waals surface area (Å²) in [6.45, 7) is 4.93. The van der Waals surface area contributed by atoms with E-state index in [2.05, 4.69) is 34.3 Å². The van der Waals surface area contributed by atoms with Crippen LogP contribution in [0.1, 0.15) is 49.9 Å². The lowest BCUT2D eigenvalue weighted by Crippen LogP contribution is -2.28. The summed E-state index contributed by atoms with van der Waals surface area (Å²) in [6.07, 6.45) is 8.86. The molecule has 0 aliphatic carbocycles. The van der Waals surface area contributed by atoms with E-state index >= 15 is 0 Å². The molecule has 4 rings (SSSR count). The van der Waals surface area contributed by atoms with Crippen LogP contribution in [0.2, 0.25) is 0 Å². The van der Waals surface area contributed by atoms with E-state index in [-0.39, 0.29) is 6.04 Å². The SMILES string of the molecule is CCn1cc(CN2CCCCCC2c2cc(-c3ccc(OC)c(OC)c3)on2)cn1. The number of hydrogen-bond acceptors (Lipinski definition) is 6. The van der Waals surface area contributed by atoms with E-state index in [1.165, 1.54) is 24.8 Å². The van der Waals surface area contributed by atoms with Gasteiger partial charge in [-0.15, -0.1) is 0 Å². The second kappa shape index (κ2) is 9.34. The first-order valence-electron chi connectivity index (χ1n) is 10.7. The van der Waals surface area contributed by atoms with Crippen molar-refractivity contribution < 1.29 is 14.0 Å². The van der Waals surface area contributed by atoms with E-state index in [0.717, 1.165) is 43.1 Å². The quantitative estimate of drug-likeness (QED) is 0.563. The number of nitrogens with zero attached hydrogens (tertiary/aromatic N) is 4. The molecule has 160 valence electrons. The molecule has 0 bridgehead atoms. The highest BCUT2D eigenvalue weighted by atomic mass is 16.5. The van der Waals surface area contributed by atoms with Crippen LogP contribution in [0.3, 0.4) is 0 Å². The Morgan fingerprint density at radius 1 is 1.10 bits per heavy atom. The zero-order valence-corrected chi connectivity index (χ0v) is 18.0. The molecule has 3 aromatic rings. The van der Waals surface area contributed by atoms with Crippen LogP contribution >= 0.6 is 0 Å². The van der Waals surface area contributed by atoms with Crippen molar-refractivity contribution >= 4 is 0 Å². The maximum atomic E-state index is 5.75. The second-order valence-corrected chi connectivity index (χ2v) is 7.73. The van der Waals surface area contributed by atoms with E-state index in [4.69, 9.17) is 14.0 Å². The van der Waals surface area contributed by atoms with Gasteiger partial charge < -0.3 is 14.0 Å². The van der Waals surface area contributed by atoms with Gasteiger partial charge in [-0.25, -0.2) is 0 Å². The van der Waals surface area contributed by atoms with Gasteiger partial charge in [-0.05, 0) is 44.5 Å². The smallest absolute Gasteiger partial charge is 0.167 e. The van der Waals surface area contributed by atoms with Crippen LogP contribution in [-0.2, 0) is 13.1 Å². The Labute approximate surface area is 177 Å². The molecule has 0 radical (unpaired) electrons. The molecule has 1 unspecified atom stereocenters. The van der Waals surface area contributed by atoms with E-state index in [1.807, 2.05) is 29.1 Å². The Balaban J connectivity index is 1.57. The van der Waals surface area contributed by atoms with Crippen LogP contribution in [0.25, 0.3) is 11.3 Å². The second-order valence-electron chi connectivity index (χ2n) is 7.73. The summed E-state index contributed by atoms with van der Waals surface area (Å²) in [6, 6.07) is 8.09. The lowest BCUT2D eigenvalue weighted by Gasteiger charge is -2.27. The number of hydrogen-bond donors (Lipinski definition) is 0. The summed E-state index contributed by atoms with van der Waals surface area (Å²) in [5, 5.41) is 8.89. The fourth-order valence-corrected chi connectivity index (χ4v) is 4.16. The highest BCUT2D eigenvalue weighted by Gasteiger charge is 2.26. The Morgan fingerprint density at radius 3 is 2.73 bits per heavy atom. The van der Waals surface area contributed by atoms with Crippen LogP contribution in [0.4, 0.5) is 0 Å². The van der Waals surface area contributed by atoms with Crippen molar-refractivity contribution in [2.24, 2.45) is 0 Å². The van der Waals surface area contributed by atoms with Crippen molar-refractivity contribution in [3.63, 3.8) is 0 Å². The van der Waals surface area contributed by atoms with Crippen molar-refractivity contribution in [3.8, 4) is 22.8 Å². The van der Waals surface area contributed by atoms with E-state index in [0.29, 0.717) is 11.5 Å². The van der Waals surface area contributed by atoms with Gasteiger partial charge in [0.25, 0.3) is 0 Å². The first kappa shape index (κ1) is 20.5. The zero-order chi connectivity index (χ0) is 20.9. The molecule has 1 fully saturated rings. The first-order chi connectivity index (χ1) is 14.7. The molecule has 1 aliphatic rings. The Morgan fingerprint density at radius 2 is 1.97 bits per heavy atom. The zero-order valence-electron chi connectivity index (χ0n) is 18.0. The molecule has 0 saturated carbocycles. The maximum absolute atomic E-state index is 5.75. The van der Waals surface area contributed by atoms with E-state index in [9.17, 15) is 0 Å². The first-order valence-corrected chi connectivity index (χ1v) is 10.7. The minimum absolute atomic E-state index is 0.245. The topological polar surface area (TPSA) is 65.5 Å². The van der Waals surface area contributed by atoms with Gasteiger partial charge in [0.05, 0.1) is 26.5 Å². The molecule has 1 aliphatic heterocycles. The molecular formula is C23H30N4O3. The Bertz CT molecular complexity index is 965. The molecule has 7 heteroatoms. The summed E-state index contributed by atoms with van der Waals surface area (Å²) in [5.74, 6) is 2.12. The average Bonchev–Trinajstić information content (AvgIpc) is 3.39. The normalized spacial score (nSPS) is 17.6. The van der Waals surface area contributed by atoms with Crippen molar-refractivity contribution in [2.75, 3.05) is 20.8 Å². The van der Waals surface area contributed by atoms with Crippen molar-refractivity contribution in [1.82, 2.24) is 19.8 Å². The summed E-state index contributed by atoms with van der Waals surface area (Å²) >= 11 is 0. The van der Waals surface area contributed by atoms with E-state index < -0.39 is 0 Å². The van der Waals surface area contributed by atoms with Gasteiger partial charge in [0, 0.05) is 36.5 Å². The lowest BCUT2D eigenvalue weighted by atomic mass is 10.0. The number of ether oxygens (including phenoxy) is 2. The summed E-state index contributed by atoms with van der Waals surface area (Å²) in [4.78, 5) is 2.51. The van der Waals surface area contributed by atoms with Crippen molar-refractivity contribution in [1.29, 1.82) is 0 Å². The third-order valence-corrected chi connectivity index (χ3v) is 5.80. The molecule has 1 saturated heterocycles. The number of methoxy groups -OCH3 is 2. The number of aromatic nitrogens is 3. The molecule has 0 N–H and O–H groups in total. The highest BCUT2D eigenvalue weighted by Crippen LogP contribution is 2.36. The van der Waals surface area contributed by atoms with Crippen LogP contribution in [0.5, 0.6) is 11.5 Å². The summed E-state index contributed by atoms with van der Waals surface area (Å²) in [7, 11) is 3.27. The average molecular weight is 411 g/mol. The monoisotopic (exact) mass is 410 g/mol. The number of rotatable bonds is 7. The van der Waals surface area contributed by atoms with Gasteiger partial charge in [-0.3, -0.25) is 9.58 Å². The third-order valence-electron chi connectivity index (χ3n) is 5.80. The van der Waals surface area contributed by atoms with Crippen molar-refractivity contribution in [2.45, 2.75) is 51.7 Å². The van der Waals surface area contributed by atoms with Crippen LogP contribution < -0.4 is 9.47 Å². The molecular weight excluding hydrogens is 380 g/mol. The standard InChI is InChI=1S/C23H30N4O3/c1-4-27-16-17(14-24-27)15-26-11-7-5-6-8-20(26)19-13-22(30-25-19)18-9-10-21(28-2)23(12-18)29-3/h9-10,12-14,16,20H,4-8,11,15H2,1-3H3. The third kappa shape index (κ3) is 4.36. The van der Waals surface area contributed by atoms with Crippen LogP contribution in [-0.4, -0.2) is 40.6 Å². The fourth-order valence-electron chi connectivity index (χ4n) is 4.16. The largest absolute Gasteiger partial charge is 0.493 e. The van der Waals surface area contributed by atoms with Crippen molar-refractivity contribution in [3.05, 3.63) is 47.9 Å². The molecule has 3 heterocycles. The van der Waals surface area contributed by atoms with Gasteiger partial charge >= 0.3 is 0 Å². The summed E-state index contributed by atoms with van der Waals surface area (Å²) in [5.41, 5.74) is 3.16. The molecule has 7 nitrogen and oxygen atoms in total. The number of benzene rings is 1. The lowest BCUT2D eigenvalue weighted by molar-refractivity contribution is 0.184. The molecule has 0 spiro atoms. The Kier molecular flexibility index (Phi) is 6.38. The summed E-state index contributed by atoms with van der Waals surface area (Å²) < 4.78 is 18.5. The molecule has 2 aromatic heterocycles. The van der Waals surface area contributed by atoms with E-state index in [1.54, 1.807) is 14.2 Å². The molecule has 1 aromatic carbocycles. The van der Waals surface area contributed by atoms with Crippen LogP contribution in [0, 0.1) is 0 Å². The predicted molar refractivity (Wildman–Crippen MR) is 115 cm³/mol. The van der Waals surface area contributed by atoms with Gasteiger partial charge in [0.1, 0.15) is 5.69 Å². The Hall–Kier alpha value is -2.80. The molecule has 30 heavy (non-hydrogen) atoms. The van der Waals surface area contributed by atoms with Gasteiger partial charge in [0.2, 0.25) is 0 Å².